The molecule has 3 heteroatoms. The molecule has 0 aliphatic carbocycles. The molecular weight excluding hydrogens is 538 g/mol. The average Bonchev–Trinajstić information content (AvgIpc) is 3.18. The largest absolute Gasteiger partial charge is 4.00 e. The van der Waals surface area contributed by atoms with E-state index in [1.807, 2.05) is 0 Å². The molecule has 0 unspecified atom stereocenters. The Balaban J connectivity index is 0.000000451. The maximum atomic E-state index is 2.29. The molecule has 140 valence electrons. The fourth-order valence-corrected chi connectivity index (χ4v) is 3.30. The first-order chi connectivity index (χ1) is 11.8. The Kier molecular flexibility index (Phi) is 12.9. The first-order valence-corrected chi connectivity index (χ1v) is 9.09. The van der Waals surface area contributed by atoms with Crippen LogP contribution in [0.4, 0.5) is 0 Å². The van der Waals surface area contributed by atoms with Crippen LogP contribution in [0.3, 0.4) is 0 Å². The first-order valence-electron chi connectivity index (χ1n) is 9.09. The number of hydrogen-bond acceptors (Lipinski definition) is 0. The molecule has 0 amide bonds. The van der Waals surface area contributed by atoms with Gasteiger partial charge in [0.25, 0.3) is 0 Å². The summed E-state index contributed by atoms with van der Waals surface area (Å²) in [7, 11) is 0. The smallest absolute Gasteiger partial charge is 1.00 e. The zero-order valence-corrected chi connectivity index (χ0v) is 21.1. The third-order valence-corrected chi connectivity index (χ3v) is 4.43. The van der Waals surface area contributed by atoms with Gasteiger partial charge in [-0.05, 0) is 12.8 Å². The van der Waals surface area contributed by atoms with Gasteiger partial charge in [0.1, 0.15) is 0 Å². The number of rotatable bonds is 4. The molecular formula is C24H26Cl2Hf. The van der Waals surface area contributed by atoms with Crippen molar-refractivity contribution in [3.05, 3.63) is 83.9 Å². The quantitative estimate of drug-likeness (QED) is 0.257. The van der Waals surface area contributed by atoms with Crippen LogP contribution < -0.4 is 24.8 Å². The van der Waals surface area contributed by atoms with E-state index in [2.05, 4.69) is 86.6 Å². The molecule has 0 aromatic heterocycles. The number of hydrogen-bond donors (Lipinski definition) is 0. The van der Waals surface area contributed by atoms with Crippen molar-refractivity contribution in [3.63, 3.8) is 0 Å². The van der Waals surface area contributed by atoms with Crippen molar-refractivity contribution in [2.75, 3.05) is 0 Å². The Bertz CT molecular complexity index is 763. The van der Waals surface area contributed by atoms with Gasteiger partial charge >= 0.3 is 25.8 Å². The summed E-state index contributed by atoms with van der Waals surface area (Å²) < 4.78 is 0. The van der Waals surface area contributed by atoms with Gasteiger partial charge in [-0.25, -0.2) is 0 Å². The second kappa shape index (κ2) is 13.3. The average molecular weight is 564 g/mol. The number of fused-ring (bicyclic) bond motifs is 2. The fourth-order valence-electron chi connectivity index (χ4n) is 3.30. The van der Waals surface area contributed by atoms with Gasteiger partial charge in [-0.15, -0.1) is 81.2 Å². The summed E-state index contributed by atoms with van der Waals surface area (Å²) in [6.07, 6.45) is 4.87. The topological polar surface area (TPSA) is 0 Å². The van der Waals surface area contributed by atoms with E-state index in [4.69, 9.17) is 0 Å². The first kappa shape index (κ1) is 26.1. The Morgan fingerprint density at radius 3 is 1.33 bits per heavy atom. The van der Waals surface area contributed by atoms with Crippen molar-refractivity contribution >= 4 is 21.5 Å². The van der Waals surface area contributed by atoms with Crippen molar-refractivity contribution in [2.45, 2.75) is 39.5 Å². The van der Waals surface area contributed by atoms with Crippen LogP contribution in [-0.2, 0) is 38.7 Å². The minimum Gasteiger partial charge on any atom is -1.00 e. The molecule has 0 heterocycles. The molecule has 0 spiro atoms. The summed E-state index contributed by atoms with van der Waals surface area (Å²) >= 11 is 0. The molecule has 4 aromatic carbocycles. The maximum Gasteiger partial charge on any atom is 4.00 e. The van der Waals surface area contributed by atoms with Gasteiger partial charge in [-0.1, -0.05) is 38.8 Å². The predicted octanol–water partition coefficient (Wildman–Crippen LogP) is 1.03. The molecule has 0 saturated carbocycles. The summed E-state index contributed by atoms with van der Waals surface area (Å²) in [5.41, 5.74) is 2.94. The molecule has 0 bridgehead atoms. The summed E-state index contributed by atoms with van der Waals surface area (Å²) in [6.45, 7) is 4.44. The molecule has 0 aliphatic heterocycles. The molecule has 0 radical (unpaired) electrons. The van der Waals surface area contributed by atoms with E-state index >= 15 is 0 Å². The van der Waals surface area contributed by atoms with Crippen LogP contribution in [0.1, 0.15) is 37.8 Å². The molecule has 0 N–H and O–H groups in total. The minimum atomic E-state index is 0. The van der Waals surface area contributed by atoms with Crippen molar-refractivity contribution in [1.29, 1.82) is 0 Å². The number of halogens is 2. The van der Waals surface area contributed by atoms with Gasteiger partial charge in [-0.2, -0.15) is 12.1 Å². The molecule has 4 aromatic rings. The van der Waals surface area contributed by atoms with Crippen molar-refractivity contribution in [3.8, 4) is 0 Å². The Morgan fingerprint density at radius 2 is 1.00 bits per heavy atom. The van der Waals surface area contributed by atoms with Gasteiger partial charge < -0.3 is 24.8 Å². The Morgan fingerprint density at radius 1 is 0.630 bits per heavy atom. The molecule has 0 fully saturated rings. The molecule has 4 rings (SSSR count). The Hall–Kier alpha value is -0.890. The van der Waals surface area contributed by atoms with E-state index in [0.717, 1.165) is 0 Å². The van der Waals surface area contributed by atoms with E-state index in [9.17, 15) is 0 Å². The van der Waals surface area contributed by atoms with E-state index < -0.39 is 0 Å². The summed E-state index contributed by atoms with van der Waals surface area (Å²) in [5, 5.41) is 5.50. The number of aryl methyl sites for hydroxylation is 2. The zero-order valence-electron chi connectivity index (χ0n) is 16.0. The van der Waals surface area contributed by atoms with Crippen LogP contribution in [0.2, 0.25) is 0 Å². The molecule has 27 heavy (non-hydrogen) atoms. The van der Waals surface area contributed by atoms with Crippen LogP contribution in [0.25, 0.3) is 21.5 Å². The standard InChI is InChI=1S/2C12H13.2ClH.Hf/c2*1-2-5-10-8-11-6-3-4-7-12(11)9-10;;;/h2*3-4,6-9H,2,5H2,1H3;2*1H;/q2*-1;;;+4/p-2. The fraction of sp³-hybridized carbons (Fsp3) is 0.250. The summed E-state index contributed by atoms with van der Waals surface area (Å²) in [6, 6.07) is 26.2. The van der Waals surface area contributed by atoms with E-state index in [-0.39, 0.29) is 50.7 Å². The third kappa shape index (κ3) is 7.22. The van der Waals surface area contributed by atoms with Crippen molar-refractivity contribution in [1.82, 2.24) is 0 Å². The molecule has 0 aliphatic rings. The van der Waals surface area contributed by atoms with E-state index in [0.29, 0.717) is 0 Å². The minimum absolute atomic E-state index is 0. The van der Waals surface area contributed by atoms with Gasteiger partial charge in [0.05, 0.1) is 0 Å². The predicted molar refractivity (Wildman–Crippen MR) is 107 cm³/mol. The van der Waals surface area contributed by atoms with Crippen molar-refractivity contribution < 1.29 is 50.7 Å². The van der Waals surface area contributed by atoms with Crippen LogP contribution in [0.15, 0.2) is 72.8 Å². The Labute approximate surface area is 194 Å². The molecule has 0 atom stereocenters. The summed E-state index contributed by atoms with van der Waals surface area (Å²) in [5.74, 6) is 0. The zero-order chi connectivity index (χ0) is 16.8. The maximum absolute atomic E-state index is 2.29. The van der Waals surface area contributed by atoms with Crippen molar-refractivity contribution in [2.24, 2.45) is 0 Å². The van der Waals surface area contributed by atoms with Crippen LogP contribution in [0, 0.1) is 0 Å². The van der Waals surface area contributed by atoms with Crippen LogP contribution in [0.5, 0.6) is 0 Å². The number of benzene rings is 2. The van der Waals surface area contributed by atoms with Crippen LogP contribution in [-0.4, -0.2) is 0 Å². The van der Waals surface area contributed by atoms with Gasteiger partial charge in [-0.3, -0.25) is 0 Å². The van der Waals surface area contributed by atoms with Gasteiger partial charge in [0.15, 0.2) is 0 Å². The second-order valence-electron chi connectivity index (χ2n) is 6.49. The summed E-state index contributed by atoms with van der Waals surface area (Å²) in [4.78, 5) is 0. The SMILES string of the molecule is CCCc1cc2ccccc2[cH-]1.CCCc1cc2ccccc2[cH-]1.[Cl-].[Cl-].[Hf+4]. The van der Waals surface area contributed by atoms with E-state index in [1.165, 1.54) is 58.4 Å². The van der Waals surface area contributed by atoms with Gasteiger partial charge in [0, 0.05) is 0 Å². The second-order valence-corrected chi connectivity index (χ2v) is 6.49. The van der Waals surface area contributed by atoms with Gasteiger partial charge in [0.2, 0.25) is 0 Å². The monoisotopic (exact) mass is 564 g/mol. The van der Waals surface area contributed by atoms with Crippen LogP contribution >= 0.6 is 0 Å². The normalized spacial score (nSPS) is 9.56. The molecule has 0 nitrogen and oxygen atoms in total. The van der Waals surface area contributed by atoms with E-state index in [1.54, 1.807) is 0 Å². The third-order valence-electron chi connectivity index (χ3n) is 4.43. The molecule has 0 saturated heterocycles.